The summed E-state index contributed by atoms with van der Waals surface area (Å²) < 4.78 is 46.2. The van der Waals surface area contributed by atoms with Gasteiger partial charge in [-0.1, -0.05) is 23.3 Å². The molecule has 2 aliphatic rings. The monoisotopic (exact) mass is 487 g/mol. The summed E-state index contributed by atoms with van der Waals surface area (Å²) >= 11 is 0. The fourth-order valence-electron chi connectivity index (χ4n) is 4.72. The average Bonchev–Trinajstić information content (AvgIpc) is 3.45. The summed E-state index contributed by atoms with van der Waals surface area (Å²) in [6.45, 7) is 1.67. The molecule has 5 rings (SSSR count). The van der Waals surface area contributed by atoms with Crippen molar-refractivity contribution in [3.05, 3.63) is 53.7 Å². The van der Waals surface area contributed by atoms with E-state index in [1.807, 2.05) is 24.3 Å². The maximum absolute atomic E-state index is 12.8. The molecule has 184 valence electrons. The number of urea groups is 1. The highest BCUT2D eigenvalue weighted by Crippen LogP contribution is 2.43. The molecule has 0 unspecified atom stereocenters. The SMILES string of the molecule is Cn1nnnc1NC(=O)N1CCC2(CC1)C[C@H](c1cccc(-c3ccc(C(F)(F)F)cn3)c1)CO2. The van der Waals surface area contributed by atoms with Gasteiger partial charge in [0, 0.05) is 37.8 Å². The van der Waals surface area contributed by atoms with Gasteiger partial charge in [-0.2, -0.15) is 13.2 Å². The van der Waals surface area contributed by atoms with Crippen LogP contribution in [0.25, 0.3) is 11.3 Å². The van der Waals surface area contributed by atoms with Crippen molar-refractivity contribution in [2.75, 3.05) is 25.0 Å². The van der Waals surface area contributed by atoms with Crippen molar-refractivity contribution in [3.8, 4) is 11.3 Å². The lowest BCUT2D eigenvalue weighted by Crippen LogP contribution is -2.48. The third kappa shape index (κ3) is 4.83. The van der Waals surface area contributed by atoms with Gasteiger partial charge in [0.1, 0.15) is 0 Å². The fourth-order valence-corrected chi connectivity index (χ4v) is 4.72. The number of ether oxygens (including phenoxy) is 1. The van der Waals surface area contributed by atoms with E-state index in [0.29, 0.717) is 38.2 Å². The number of amides is 2. The number of halogens is 3. The van der Waals surface area contributed by atoms with Gasteiger partial charge in [0.05, 0.1) is 23.5 Å². The Kier molecular flexibility index (Phi) is 5.91. The number of anilines is 1. The van der Waals surface area contributed by atoms with Gasteiger partial charge in [-0.15, -0.1) is 0 Å². The second kappa shape index (κ2) is 8.91. The van der Waals surface area contributed by atoms with Crippen molar-refractivity contribution in [2.24, 2.45) is 7.05 Å². The highest BCUT2D eigenvalue weighted by atomic mass is 19.4. The topological polar surface area (TPSA) is 98.1 Å². The summed E-state index contributed by atoms with van der Waals surface area (Å²) in [6.07, 6.45) is -1.30. The molecule has 1 atom stereocenters. The van der Waals surface area contributed by atoms with Crippen molar-refractivity contribution in [3.63, 3.8) is 0 Å². The first-order valence-electron chi connectivity index (χ1n) is 11.3. The molecular weight excluding hydrogens is 463 g/mol. The van der Waals surface area contributed by atoms with E-state index in [-0.39, 0.29) is 23.5 Å². The largest absolute Gasteiger partial charge is 0.417 e. The molecular formula is C23H24F3N7O2. The van der Waals surface area contributed by atoms with Crippen LogP contribution in [0.5, 0.6) is 0 Å². The van der Waals surface area contributed by atoms with Crippen LogP contribution in [0.4, 0.5) is 23.9 Å². The molecule has 1 spiro atoms. The number of aryl methyl sites for hydroxylation is 1. The molecule has 2 aromatic heterocycles. The highest BCUT2D eigenvalue weighted by molar-refractivity contribution is 5.87. The van der Waals surface area contributed by atoms with E-state index in [0.717, 1.165) is 29.8 Å². The zero-order chi connectivity index (χ0) is 24.6. The summed E-state index contributed by atoms with van der Waals surface area (Å²) in [6, 6.07) is 9.92. The van der Waals surface area contributed by atoms with Gasteiger partial charge in [0.25, 0.3) is 5.95 Å². The number of carbonyl (C=O) groups is 1. The van der Waals surface area contributed by atoms with Crippen molar-refractivity contribution in [2.45, 2.75) is 37.0 Å². The van der Waals surface area contributed by atoms with E-state index in [4.69, 9.17) is 4.74 Å². The number of nitrogens with one attached hydrogen (secondary N) is 1. The number of rotatable bonds is 3. The Balaban J connectivity index is 1.21. The Morgan fingerprint density at radius 2 is 2.00 bits per heavy atom. The number of piperidine rings is 1. The fraction of sp³-hybridized carbons (Fsp3) is 0.435. The van der Waals surface area contributed by atoms with Crippen LogP contribution in [-0.2, 0) is 18.0 Å². The van der Waals surface area contributed by atoms with Crippen LogP contribution in [0.15, 0.2) is 42.6 Å². The minimum atomic E-state index is -4.41. The summed E-state index contributed by atoms with van der Waals surface area (Å²) in [7, 11) is 1.65. The van der Waals surface area contributed by atoms with Gasteiger partial charge in [-0.3, -0.25) is 10.3 Å². The molecule has 0 aliphatic carbocycles. The van der Waals surface area contributed by atoms with Gasteiger partial charge in [-0.05, 0) is 53.5 Å². The lowest BCUT2D eigenvalue weighted by molar-refractivity contribution is -0.137. The van der Waals surface area contributed by atoms with E-state index in [1.54, 1.807) is 11.9 Å². The summed E-state index contributed by atoms with van der Waals surface area (Å²) in [5, 5.41) is 13.7. The van der Waals surface area contributed by atoms with Gasteiger partial charge in [0.2, 0.25) is 0 Å². The Morgan fingerprint density at radius 1 is 1.20 bits per heavy atom. The smallest absolute Gasteiger partial charge is 0.374 e. The van der Waals surface area contributed by atoms with Crippen LogP contribution in [0.3, 0.4) is 0 Å². The standard InChI is InChI=1S/C23H24F3N7O2/c1-32-20(29-30-31-32)28-21(34)33-9-7-22(8-10-33)12-17(14-35-22)15-3-2-4-16(11-15)19-6-5-18(13-27-19)23(24,25)26/h2-6,11,13,17H,7-10,12,14H2,1H3,(H,28,29,31,34)/t17-/m0/s1. The summed E-state index contributed by atoms with van der Waals surface area (Å²) in [4.78, 5) is 18.3. The summed E-state index contributed by atoms with van der Waals surface area (Å²) in [5.74, 6) is 0.448. The van der Waals surface area contributed by atoms with E-state index in [2.05, 4.69) is 25.8 Å². The molecule has 2 amide bonds. The highest BCUT2D eigenvalue weighted by Gasteiger charge is 2.44. The van der Waals surface area contributed by atoms with E-state index >= 15 is 0 Å². The Labute approximate surface area is 199 Å². The third-order valence-corrected chi connectivity index (χ3v) is 6.75. The molecule has 9 nitrogen and oxygen atoms in total. The maximum atomic E-state index is 12.8. The quantitative estimate of drug-likeness (QED) is 0.603. The van der Waals surface area contributed by atoms with Crippen LogP contribution in [0, 0.1) is 0 Å². The number of hydrogen-bond acceptors (Lipinski definition) is 6. The second-order valence-electron chi connectivity index (χ2n) is 8.99. The maximum Gasteiger partial charge on any atom is 0.417 e. The number of benzene rings is 1. The van der Waals surface area contributed by atoms with Crippen LogP contribution in [0.2, 0.25) is 0 Å². The van der Waals surface area contributed by atoms with Crippen LogP contribution in [0.1, 0.15) is 36.3 Å². The first-order valence-corrected chi connectivity index (χ1v) is 11.3. The molecule has 2 aliphatic heterocycles. The molecule has 4 heterocycles. The molecule has 2 saturated heterocycles. The first-order chi connectivity index (χ1) is 16.7. The minimum Gasteiger partial charge on any atom is -0.374 e. The van der Waals surface area contributed by atoms with Gasteiger partial charge in [-0.25, -0.2) is 9.48 Å². The number of alkyl halides is 3. The molecule has 35 heavy (non-hydrogen) atoms. The Hall–Kier alpha value is -3.54. The van der Waals surface area contributed by atoms with E-state index in [9.17, 15) is 18.0 Å². The van der Waals surface area contributed by atoms with Crippen LogP contribution < -0.4 is 5.32 Å². The van der Waals surface area contributed by atoms with Crippen LogP contribution >= 0.6 is 0 Å². The van der Waals surface area contributed by atoms with Gasteiger partial charge in [0.15, 0.2) is 0 Å². The molecule has 0 saturated carbocycles. The number of pyridine rings is 1. The molecule has 0 bridgehead atoms. The molecule has 1 aromatic carbocycles. The molecule has 0 radical (unpaired) electrons. The van der Waals surface area contributed by atoms with E-state index in [1.165, 1.54) is 10.7 Å². The molecule has 1 N–H and O–H groups in total. The molecule has 12 heteroatoms. The predicted octanol–water partition coefficient (Wildman–Crippen LogP) is 3.86. The van der Waals surface area contributed by atoms with E-state index < -0.39 is 11.7 Å². The normalized spacial score (nSPS) is 19.8. The van der Waals surface area contributed by atoms with Crippen LogP contribution in [-0.4, -0.2) is 61.4 Å². The predicted molar refractivity (Wildman–Crippen MR) is 119 cm³/mol. The minimum absolute atomic E-state index is 0.162. The van der Waals surface area contributed by atoms with Crippen molar-refractivity contribution in [1.82, 2.24) is 30.1 Å². The lowest BCUT2D eigenvalue weighted by atomic mass is 9.83. The molecule has 3 aromatic rings. The first kappa shape index (κ1) is 23.2. The third-order valence-electron chi connectivity index (χ3n) is 6.75. The molecule has 2 fully saturated rings. The number of nitrogens with zero attached hydrogens (tertiary/aromatic N) is 6. The van der Waals surface area contributed by atoms with Crippen molar-refractivity contribution in [1.29, 1.82) is 0 Å². The Bertz CT molecular complexity index is 1200. The van der Waals surface area contributed by atoms with Crippen molar-refractivity contribution < 1.29 is 22.7 Å². The second-order valence-corrected chi connectivity index (χ2v) is 8.99. The lowest BCUT2D eigenvalue weighted by Gasteiger charge is -2.38. The zero-order valence-electron chi connectivity index (χ0n) is 19.0. The Morgan fingerprint density at radius 3 is 2.66 bits per heavy atom. The van der Waals surface area contributed by atoms with Gasteiger partial charge >= 0.3 is 12.2 Å². The van der Waals surface area contributed by atoms with Crippen molar-refractivity contribution >= 4 is 12.0 Å². The zero-order valence-corrected chi connectivity index (χ0v) is 19.0. The van der Waals surface area contributed by atoms with Gasteiger partial charge < -0.3 is 9.64 Å². The number of hydrogen-bond donors (Lipinski definition) is 1. The number of aromatic nitrogens is 5. The average molecular weight is 487 g/mol. The number of carbonyl (C=O) groups excluding carboxylic acids is 1. The summed E-state index contributed by atoms with van der Waals surface area (Å²) in [5.41, 5.74) is 1.26. The number of tetrazole rings is 1. The number of likely N-dealkylation sites (tertiary alicyclic amines) is 1.